The van der Waals surface area contributed by atoms with Crippen LogP contribution in [0.25, 0.3) is 0 Å². The summed E-state index contributed by atoms with van der Waals surface area (Å²) in [5, 5.41) is 8.93. The summed E-state index contributed by atoms with van der Waals surface area (Å²) in [4.78, 5) is 10.9. The molecule has 0 aliphatic rings. The Balaban J connectivity index is 2.90. The number of aliphatic carboxylic acids is 1. The fourth-order valence-corrected chi connectivity index (χ4v) is 2.46. The van der Waals surface area contributed by atoms with Crippen LogP contribution in [0.15, 0.2) is 41.8 Å². The summed E-state index contributed by atoms with van der Waals surface area (Å²) in [7, 11) is -4.07. The van der Waals surface area contributed by atoms with Gasteiger partial charge in [0.2, 0.25) is 0 Å². The minimum Gasteiger partial charge on any atom is -0.479 e. The molecule has 104 valence electrons. The molecule has 1 N–H and O–H groups in total. The summed E-state index contributed by atoms with van der Waals surface area (Å²) in [6.45, 7) is 5.28. The highest BCUT2D eigenvalue weighted by molar-refractivity contribution is 7.86. The van der Waals surface area contributed by atoms with Crippen molar-refractivity contribution in [2.24, 2.45) is 0 Å². The first-order valence-corrected chi connectivity index (χ1v) is 7.11. The molecule has 0 spiro atoms. The van der Waals surface area contributed by atoms with E-state index in [2.05, 4.69) is 6.58 Å². The van der Waals surface area contributed by atoms with E-state index in [1.54, 1.807) is 12.1 Å². The van der Waals surface area contributed by atoms with Crippen molar-refractivity contribution in [1.82, 2.24) is 0 Å². The van der Waals surface area contributed by atoms with Gasteiger partial charge in [0, 0.05) is 0 Å². The number of rotatable bonds is 7. The molecule has 1 aromatic carbocycles. The number of carbonyl (C=O) groups is 1. The molecule has 0 aliphatic heterocycles. The Bertz CT molecular complexity index is 545. The molecule has 5 nitrogen and oxygen atoms in total. The van der Waals surface area contributed by atoms with Crippen LogP contribution in [0.3, 0.4) is 0 Å². The van der Waals surface area contributed by atoms with Crippen LogP contribution in [0, 0.1) is 6.92 Å². The number of carboxylic acid groups (broad SMARTS) is 1. The van der Waals surface area contributed by atoms with Crippen LogP contribution < -0.4 is 0 Å². The molecule has 0 fully saturated rings. The first-order chi connectivity index (χ1) is 8.86. The standard InChI is InChI=1S/C13H16O5S/c1-3-4-5-12(13(14)15)18-19(16,17)11-8-6-10(2)7-9-11/h3,6-9,12H,1,4-5H2,2H3,(H,14,15). The molecule has 19 heavy (non-hydrogen) atoms. The molecule has 0 aliphatic carbocycles. The maximum absolute atomic E-state index is 11.9. The Morgan fingerprint density at radius 2 is 2.00 bits per heavy atom. The van der Waals surface area contributed by atoms with E-state index >= 15 is 0 Å². The minimum atomic E-state index is -4.07. The molecule has 0 saturated carbocycles. The minimum absolute atomic E-state index is 0.0528. The lowest BCUT2D eigenvalue weighted by molar-refractivity contribution is -0.145. The molecule has 0 radical (unpaired) electrons. The van der Waals surface area contributed by atoms with Gasteiger partial charge >= 0.3 is 5.97 Å². The molecule has 0 amide bonds. The average Bonchev–Trinajstić information content (AvgIpc) is 2.34. The summed E-state index contributed by atoms with van der Waals surface area (Å²) in [6.07, 6.45) is 0.534. The van der Waals surface area contributed by atoms with E-state index in [9.17, 15) is 13.2 Å². The Hall–Kier alpha value is -1.66. The smallest absolute Gasteiger partial charge is 0.334 e. The van der Waals surface area contributed by atoms with E-state index in [-0.39, 0.29) is 11.3 Å². The van der Waals surface area contributed by atoms with Gasteiger partial charge in [-0.25, -0.2) is 4.79 Å². The van der Waals surface area contributed by atoms with Crippen LogP contribution in [0.4, 0.5) is 0 Å². The van der Waals surface area contributed by atoms with Gasteiger partial charge in [-0.05, 0) is 31.9 Å². The van der Waals surface area contributed by atoms with Crippen molar-refractivity contribution in [2.45, 2.75) is 30.8 Å². The van der Waals surface area contributed by atoms with Crippen LogP contribution in [0.2, 0.25) is 0 Å². The van der Waals surface area contributed by atoms with Crippen molar-refractivity contribution in [2.75, 3.05) is 0 Å². The maximum atomic E-state index is 11.9. The van der Waals surface area contributed by atoms with Crippen LogP contribution >= 0.6 is 0 Å². The van der Waals surface area contributed by atoms with Gasteiger partial charge in [-0.2, -0.15) is 8.42 Å². The predicted octanol–water partition coefficient (Wildman–Crippen LogP) is 2.12. The summed E-state index contributed by atoms with van der Waals surface area (Å²) in [5.41, 5.74) is 0.903. The number of aryl methyl sites for hydroxylation is 1. The second-order valence-electron chi connectivity index (χ2n) is 4.06. The number of hydrogen-bond donors (Lipinski definition) is 1. The van der Waals surface area contributed by atoms with Crippen molar-refractivity contribution in [3.63, 3.8) is 0 Å². The summed E-state index contributed by atoms with van der Waals surface area (Å²) < 4.78 is 28.6. The van der Waals surface area contributed by atoms with E-state index in [0.29, 0.717) is 6.42 Å². The van der Waals surface area contributed by atoms with Crippen LogP contribution in [-0.4, -0.2) is 25.6 Å². The molecule has 6 heteroatoms. The summed E-state index contributed by atoms with van der Waals surface area (Å²) in [5.74, 6) is -1.31. The van der Waals surface area contributed by atoms with E-state index < -0.39 is 22.2 Å². The maximum Gasteiger partial charge on any atom is 0.334 e. The highest BCUT2D eigenvalue weighted by Crippen LogP contribution is 2.17. The SMILES string of the molecule is C=CCCC(OS(=O)(=O)c1ccc(C)cc1)C(=O)O. The number of benzene rings is 1. The van der Waals surface area contributed by atoms with Crippen molar-refractivity contribution < 1.29 is 22.5 Å². The van der Waals surface area contributed by atoms with Crippen molar-refractivity contribution in [1.29, 1.82) is 0 Å². The number of hydrogen-bond acceptors (Lipinski definition) is 4. The number of carboxylic acids is 1. The van der Waals surface area contributed by atoms with E-state index in [4.69, 9.17) is 9.29 Å². The van der Waals surface area contributed by atoms with Gasteiger partial charge in [-0.3, -0.25) is 4.18 Å². The van der Waals surface area contributed by atoms with Crippen LogP contribution in [0.5, 0.6) is 0 Å². The molecule has 0 bridgehead atoms. The lowest BCUT2D eigenvalue weighted by Gasteiger charge is -2.12. The molecular weight excluding hydrogens is 268 g/mol. The van der Waals surface area contributed by atoms with Gasteiger partial charge in [0.25, 0.3) is 10.1 Å². The van der Waals surface area contributed by atoms with Crippen LogP contribution in [-0.2, 0) is 19.1 Å². The van der Waals surface area contributed by atoms with Crippen molar-refractivity contribution >= 4 is 16.1 Å². The Kier molecular flexibility index (Phi) is 5.26. The third-order valence-corrected chi connectivity index (χ3v) is 3.80. The van der Waals surface area contributed by atoms with Gasteiger partial charge < -0.3 is 5.11 Å². The normalized spacial score (nSPS) is 12.9. The van der Waals surface area contributed by atoms with E-state index in [1.165, 1.54) is 18.2 Å². The second-order valence-corrected chi connectivity index (χ2v) is 5.63. The zero-order valence-electron chi connectivity index (χ0n) is 10.6. The zero-order valence-corrected chi connectivity index (χ0v) is 11.4. The molecule has 1 atom stereocenters. The molecule has 0 aromatic heterocycles. The fraction of sp³-hybridized carbons (Fsp3) is 0.308. The van der Waals surface area contributed by atoms with E-state index in [0.717, 1.165) is 5.56 Å². The second kappa shape index (κ2) is 6.49. The molecule has 1 aromatic rings. The van der Waals surface area contributed by atoms with Crippen LogP contribution in [0.1, 0.15) is 18.4 Å². The Labute approximate surface area is 112 Å². The zero-order chi connectivity index (χ0) is 14.5. The molecule has 1 rings (SSSR count). The molecule has 1 unspecified atom stereocenters. The first kappa shape index (κ1) is 15.4. The van der Waals surface area contributed by atoms with Gasteiger partial charge in [-0.15, -0.1) is 6.58 Å². The topological polar surface area (TPSA) is 80.7 Å². The summed E-state index contributed by atoms with van der Waals surface area (Å²) in [6, 6.07) is 6.01. The third-order valence-electron chi connectivity index (χ3n) is 2.46. The number of allylic oxidation sites excluding steroid dienone is 1. The molecule has 0 heterocycles. The summed E-state index contributed by atoms with van der Waals surface area (Å²) >= 11 is 0. The lowest BCUT2D eigenvalue weighted by atomic mass is 10.2. The van der Waals surface area contributed by atoms with Gasteiger partial charge in [-0.1, -0.05) is 23.8 Å². The fourth-order valence-electron chi connectivity index (χ4n) is 1.40. The van der Waals surface area contributed by atoms with Crippen molar-refractivity contribution in [3.8, 4) is 0 Å². The Morgan fingerprint density at radius 3 is 2.47 bits per heavy atom. The average molecular weight is 284 g/mol. The largest absolute Gasteiger partial charge is 0.479 e. The highest BCUT2D eigenvalue weighted by atomic mass is 32.2. The predicted molar refractivity (Wildman–Crippen MR) is 70.3 cm³/mol. The lowest BCUT2D eigenvalue weighted by Crippen LogP contribution is -2.27. The van der Waals surface area contributed by atoms with E-state index in [1.807, 2.05) is 6.92 Å². The third kappa shape index (κ3) is 4.50. The van der Waals surface area contributed by atoms with Gasteiger partial charge in [0.1, 0.15) is 0 Å². The van der Waals surface area contributed by atoms with Gasteiger partial charge in [0.15, 0.2) is 6.10 Å². The highest BCUT2D eigenvalue weighted by Gasteiger charge is 2.26. The monoisotopic (exact) mass is 284 g/mol. The first-order valence-electron chi connectivity index (χ1n) is 5.70. The Morgan fingerprint density at radius 1 is 1.42 bits per heavy atom. The van der Waals surface area contributed by atoms with Gasteiger partial charge in [0.05, 0.1) is 4.90 Å². The van der Waals surface area contributed by atoms with Crippen molar-refractivity contribution in [3.05, 3.63) is 42.5 Å². The molecular formula is C13H16O5S. The quantitative estimate of drug-likeness (QED) is 0.612. The molecule has 0 saturated heterocycles.